The highest BCUT2D eigenvalue weighted by Gasteiger charge is 2.08. The number of aryl methyl sites for hydroxylation is 1. The van der Waals surface area contributed by atoms with E-state index >= 15 is 0 Å². The van der Waals surface area contributed by atoms with Gasteiger partial charge in [-0.1, -0.05) is 29.8 Å². The van der Waals surface area contributed by atoms with Crippen LogP contribution in [0.25, 0.3) is 6.08 Å². The van der Waals surface area contributed by atoms with E-state index in [4.69, 9.17) is 4.74 Å². The zero-order valence-electron chi connectivity index (χ0n) is 13.6. The summed E-state index contributed by atoms with van der Waals surface area (Å²) in [4.78, 5) is 34.3. The molecule has 1 rings (SSSR count). The first kappa shape index (κ1) is 18.4. The van der Waals surface area contributed by atoms with Gasteiger partial charge in [0.2, 0.25) is 5.91 Å². The molecule has 0 aliphatic heterocycles. The quantitative estimate of drug-likeness (QED) is 0.584. The molecule has 1 aromatic rings. The second kappa shape index (κ2) is 9.40. The predicted octanol–water partition coefficient (Wildman–Crippen LogP) is 1.19. The smallest absolute Gasteiger partial charge is 0.331 e. The number of nitrogens with one attached hydrogen (secondary N) is 2. The minimum atomic E-state index is -0.618. The molecule has 0 bridgehead atoms. The average molecular weight is 318 g/mol. The van der Waals surface area contributed by atoms with Gasteiger partial charge < -0.3 is 15.4 Å². The first-order valence-electron chi connectivity index (χ1n) is 7.34. The van der Waals surface area contributed by atoms with Crippen molar-refractivity contribution in [2.45, 2.75) is 26.8 Å². The van der Waals surface area contributed by atoms with E-state index in [1.165, 1.54) is 6.08 Å². The van der Waals surface area contributed by atoms with Crippen molar-refractivity contribution in [3.63, 3.8) is 0 Å². The summed E-state index contributed by atoms with van der Waals surface area (Å²) in [5, 5.41) is 5.00. The minimum absolute atomic E-state index is 0.00383. The van der Waals surface area contributed by atoms with Crippen molar-refractivity contribution in [3.05, 3.63) is 41.5 Å². The average Bonchev–Trinajstić information content (AvgIpc) is 2.49. The molecule has 2 N–H and O–H groups in total. The van der Waals surface area contributed by atoms with Gasteiger partial charge in [0, 0.05) is 12.1 Å². The van der Waals surface area contributed by atoms with E-state index in [-0.39, 0.29) is 18.5 Å². The number of hydrogen-bond acceptors (Lipinski definition) is 4. The van der Waals surface area contributed by atoms with E-state index in [9.17, 15) is 14.4 Å². The first-order chi connectivity index (χ1) is 10.9. The third-order valence-electron chi connectivity index (χ3n) is 2.73. The van der Waals surface area contributed by atoms with Gasteiger partial charge in [0.1, 0.15) is 0 Å². The maximum atomic E-state index is 11.5. The highest BCUT2D eigenvalue weighted by atomic mass is 16.5. The summed E-state index contributed by atoms with van der Waals surface area (Å²) in [6, 6.07) is 7.61. The topological polar surface area (TPSA) is 84.5 Å². The Morgan fingerprint density at radius 1 is 1.13 bits per heavy atom. The largest absolute Gasteiger partial charge is 0.452 e. The van der Waals surface area contributed by atoms with Gasteiger partial charge in [-0.2, -0.15) is 0 Å². The normalized spacial score (nSPS) is 10.6. The molecule has 0 atom stereocenters. The molecular weight excluding hydrogens is 296 g/mol. The number of carbonyl (C=O) groups is 3. The Morgan fingerprint density at radius 2 is 1.78 bits per heavy atom. The number of hydrogen-bond donors (Lipinski definition) is 2. The monoisotopic (exact) mass is 318 g/mol. The van der Waals surface area contributed by atoms with Crippen LogP contribution in [0.1, 0.15) is 25.0 Å². The summed E-state index contributed by atoms with van der Waals surface area (Å²) in [6.45, 7) is 5.05. The number of ether oxygens (including phenoxy) is 1. The van der Waals surface area contributed by atoms with E-state index in [1.54, 1.807) is 6.08 Å². The third-order valence-corrected chi connectivity index (χ3v) is 2.73. The molecule has 0 aliphatic rings. The standard InChI is InChI=1S/C17H22N2O4/c1-12(2)19-15(20)10-18-16(21)11-23-17(22)9-8-14-6-4-13(3)5-7-14/h4-9,12H,10-11H2,1-3H3,(H,18,21)(H,19,20)/b9-8+. The van der Waals surface area contributed by atoms with E-state index in [2.05, 4.69) is 10.6 Å². The van der Waals surface area contributed by atoms with Gasteiger partial charge in [-0.3, -0.25) is 9.59 Å². The molecule has 0 radical (unpaired) electrons. The lowest BCUT2D eigenvalue weighted by Gasteiger charge is -2.09. The molecule has 0 heterocycles. The van der Waals surface area contributed by atoms with Gasteiger partial charge in [-0.25, -0.2) is 4.79 Å². The van der Waals surface area contributed by atoms with Gasteiger partial charge in [0.05, 0.1) is 6.54 Å². The molecule has 0 aromatic heterocycles. The van der Waals surface area contributed by atoms with Crippen LogP contribution in [0.15, 0.2) is 30.3 Å². The number of rotatable bonds is 7. The zero-order chi connectivity index (χ0) is 17.2. The van der Waals surface area contributed by atoms with Crippen molar-refractivity contribution >= 4 is 23.9 Å². The van der Waals surface area contributed by atoms with Crippen LogP contribution >= 0.6 is 0 Å². The van der Waals surface area contributed by atoms with Crippen LogP contribution < -0.4 is 10.6 Å². The fourth-order valence-corrected chi connectivity index (χ4v) is 1.63. The van der Waals surface area contributed by atoms with Crippen molar-refractivity contribution in [2.75, 3.05) is 13.2 Å². The minimum Gasteiger partial charge on any atom is -0.452 e. The van der Waals surface area contributed by atoms with Gasteiger partial charge in [-0.05, 0) is 32.4 Å². The highest BCUT2D eigenvalue weighted by Crippen LogP contribution is 2.04. The SMILES string of the molecule is Cc1ccc(/C=C/C(=O)OCC(=O)NCC(=O)NC(C)C)cc1. The molecule has 124 valence electrons. The summed E-state index contributed by atoms with van der Waals surface area (Å²) in [7, 11) is 0. The van der Waals surface area contributed by atoms with E-state index in [0.717, 1.165) is 11.1 Å². The molecule has 0 spiro atoms. The fraction of sp³-hybridized carbons (Fsp3) is 0.353. The van der Waals surface area contributed by atoms with Crippen LogP contribution in [-0.4, -0.2) is 37.0 Å². The van der Waals surface area contributed by atoms with Crippen LogP contribution in [0.5, 0.6) is 0 Å². The number of benzene rings is 1. The lowest BCUT2D eigenvalue weighted by Crippen LogP contribution is -2.41. The third kappa shape index (κ3) is 8.40. The van der Waals surface area contributed by atoms with Crippen molar-refractivity contribution in [2.24, 2.45) is 0 Å². The lowest BCUT2D eigenvalue weighted by atomic mass is 10.1. The second-order valence-electron chi connectivity index (χ2n) is 5.35. The van der Waals surface area contributed by atoms with Crippen molar-refractivity contribution in [3.8, 4) is 0 Å². The predicted molar refractivity (Wildman–Crippen MR) is 87.5 cm³/mol. The molecular formula is C17H22N2O4. The zero-order valence-corrected chi connectivity index (χ0v) is 13.6. The number of amides is 2. The Labute approximate surface area is 135 Å². The number of esters is 1. The molecule has 0 saturated carbocycles. The summed E-state index contributed by atoms with van der Waals surface area (Å²) >= 11 is 0. The molecule has 23 heavy (non-hydrogen) atoms. The van der Waals surface area contributed by atoms with Crippen LogP contribution in [0, 0.1) is 6.92 Å². The Hall–Kier alpha value is -2.63. The van der Waals surface area contributed by atoms with E-state index < -0.39 is 18.5 Å². The molecule has 1 aromatic carbocycles. The molecule has 2 amide bonds. The maximum Gasteiger partial charge on any atom is 0.331 e. The van der Waals surface area contributed by atoms with Crippen LogP contribution in [-0.2, 0) is 19.1 Å². The summed E-state index contributed by atoms with van der Waals surface area (Å²) in [5.41, 5.74) is 1.99. The van der Waals surface area contributed by atoms with E-state index in [0.29, 0.717) is 0 Å². The number of carbonyl (C=O) groups excluding carboxylic acids is 3. The van der Waals surface area contributed by atoms with Crippen molar-refractivity contribution in [1.82, 2.24) is 10.6 Å². The molecule has 0 unspecified atom stereocenters. The van der Waals surface area contributed by atoms with Gasteiger partial charge >= 0.3 is 5.97 Å². The van der Waals surface area contributed by atoms with Gasteiger partial charge in [0.15, 0.2) is 6.61 Å². The van der Waals surface area contributed by atoms with Crippen molar-refractivity contribution < 1.29 is 19.1 Å². The Balaban J connectivity index is 2.28. The summed E-state index contributed by atoms with van der Waals surface area (Å²) < 4.78 is 4.79. The molecule has 6 heteroatoms. The van der Waals surface area contributed by atoms with Gasteiger partial charge in [0.25, 0.3) is 5.91 Å². The van der Waals surface area contributed by atoms with Gasteiger partial charge in [-0.15, -0.1) is 0 Å². The van der Waals surface area contributed by atoms with Crippen molar-refractivity contribution in [1.29, 1.82) is 0 Å². The van der Waals surface area contributed by atoms with E-state index in [1.807, 2.05) is 45.0 Å². The fourth-order valence-electron chi connectivity index (χ4n) is 1.63. The Morgan fingerprint density at radius 3 is 2.39 bits per heavy atom. The highest BCUT2D eigenvalue weighted by molar-refractivity contribution is 5.90. The Kier molecular flexibility index (Phi) is 7.53. The summed E-state index contributed by atoms with van der Waals surface area (Å²) in [5.74, 6) is -1.44. The lowest BCUT2D eigenvalue weighted by molar-refractivity contribution is -0.143. The Bertz CT molecular complexity index is 577. The second-order valence-corrected chi connectivity index (χ2v) is 5.35. The van der Waals surface area contributed by atoms with Crippen LogP contribution in [0.3, 0.4) is 0 Å². The van der Waals surface area contributed by atoms with Crippen LogP contribution in [0.4, 0.5) is 0 Å². The maximum absolute atomic E-state index is 11.5. The first-order valence-corrected chi connectivity index (χ1v) is 7.34. The molecule has 6 nitrogen and oxygen atoms in total. The summed E-state index contributed by atoms with van der Waals surface area (Å²) in [6.07, 6.45) is 2.86. The molecule has 0 saturated heterocycles. The molecule has 0 fully saturated rings. The van der Waals surface area contributed by atoms with Crippen LogP contribution in [0.2, 0.25) is 0 Å². The molecule has 0 aliphatic carbocycles.